The Kier molecular flexibility index (Phi) is 1.08. The zero-order valence-electron chi connectivity index (χ0n) is 8.01. The molecule has 0 radical (unpaired) electrons. The minimum atomic E-state index is 1.16. The van der Waals surface area contributed by atoms with Gasteiger partial charge in [-0.3, -0.25) is 5.10 Å². The fourth-order valence-corrected chi connectivity index (χ4v) is 2.21. The second-order valence-corrected chi connectivity index (χ2v) is 3.74. The zero-order chi connectivity index (χ0) is 9.83. The molecule has 0 bridgehead atoms. The highest BCUT2D eigenvalue weighted by molar-refractivity contribution is 5.86. The number of aromatic amines is 1. The molecule has 0 fully saturated rings. The SMILES string of the molecule is c1ccc2c(c1)[nH]n1c3ccccc3n21. The Morgan fingerprint density at radius 1 is 0.733 bits per heavy atom. The average molecular weight is 195 g/mol. The number of hydrogen-bond acceptors (Lipinski definition) is 0. The van der Waals surface area contributed by atoms with Crippen LogP contribution >= 0.6 is 0 Å². The molecule has 0 spiro atoms. The summed E-state index contributed by atoms with van der Waals surface area (Å²) < 4.78 is 4.25. The van der Waals surface area contributed by atoms with E-state index < -0.39 is 0 Å². The molecule has 4 aromatic rings. The third kappa shape index (κ3) is 0.722. The minimum Gasteiger partial charge on any atom is -0.277 e. The summed E-state index contributed by atoms with van der Waals surface area (Å²) in [6, 6.07) is 16.7. The number of aromatic nitrogens is 3. The van der Waals surface area contributed by atoms with Crippen molar-refractivity contribution in [1.82, 2.24) is 14.2 Å². The second-order valence-electron chi connectivity index (χ2n) is 3.74. The molecule has 3 nitrogen and oxygen atoms in total. The van der Waals surface area contributed by atoms with Gasteiger partial charge in [0.05, 0.1) is 16.6 Å². The van der Waals surface area contributed by atoms with Crippen molar-refractivity contribution in [3.63, 3.8) is 0 Å². The van der Waals surface area contributed by atoms with Crippen molar-refractivity contribution in [1.29, 1.82) is 0 Å². The lowest BCUT2D eigenvalue weighted by Gasteiger charge is -2.10. The van der Waals surface area contributed by atoms with Crippen LogP contribution in [0.5, 0.6) is 0 Å². The van der Waals surface area contributed by atoms with Crippen LogP contribution in [-0.2, 0) is 0 Å². The van der Waals surface area contributed by atoms with Crippen molar-refractivity contribution in [2.24, 2.45) is 0 Å². The summed E-state index contributed by atoms with van der Waals surface area (Å²) in [5, 5.41) is 3.35. The standard InChI is InChI=1S/C12H9N3/c1-2-6-10-9(5-1)13-15-12-8-4-3-7-11(12)14(10)15/h1-8,13H. The van der Waals surface area contributed by atoms with E-state index in [0.717, 1.165) is 5.52 Å². The molecule has 0 amide bonds. The maximum Gasteiger partial charge on any atom is 0.107 e. The third-order valence-corrected chi connectivity index (χ3v) is 2.90. The Morgan fingerprint density at radius 3 is 2.27 bits per heavy atom. The van der Waals surface area contributed by atoms with E-state index in [1.807, 2.05) is 6.07 Å². The minimum absolute atomic E-state index is 1.16. The van der Waals surface area contributed by atoms with Crippen LogP contribution in [-0.4, -0.2) is 14.2 Å². The molecule has 0 unspecified atom stereocenters. The first kappa shape index (κ1) is 7.17. The first-order valence-corrected chi connectivity index (χ1v) is 5.00. The van der Waals surface area contributed by atoms with Gasteiger partial charge in [0.15, 0.2) is 0 Å². The Hall–Kier alpha value is -2.16. The number of nitrogens with zero attached hydrogens (tertiary/aromatic N) is 2. The molecular formula is C12H9N3. The van der Waals surface area contributed by atoms with Crippen molar-refractivity contribution < 1.29 is 0 Å². The number of nitrogens with one attached hydrogen (secondary N) is 1. The largest absolute Gasteiger partial charge is 0.277 e. The Morgan fingerprint density at radius 2 is 1.40 bits per heavy atom. The first-order valence-electron chi connectivity index (χ1n) is 5.00. The van der Waals surface area contributed by atoms with Crippen LogP contribution in [0, 0.1) is 0 Å². The molecule has 0 aliphatic heterocycles. The zero-order valence-corrected chi connectivity index (χ0v) is 8.01. The monoisotopic (exact) mass is 195 g/mol. The lowest BCUT2D eigenvalue weighted by Crippen LogP contribution is -2.07. The molecule has 3 heteroatoms. The number of benzene rings is 2. The van der Waals surface area contributed by atoms with Crippen molar-refractivity contribution in [3.05, 3.63) is 48.5 Å². The van der Waals surface area contributed by atoms with Gasteiger partial charge in [0.25, 0.3) is 0 Å². The van der Waals surface area contributed by atoms with Gasteiger partial charge in [0.2, 0.25) is 0 Å². The number of fused-ring (bicyclic) bond motifs is 6. The molecular weight excluding hydrogens is 186 g/mol. The fraction of sp³-hybridized carbons (Fsp3) is 0. The van der Waals surface area contributed by atoms with Gasteiger partial charge in [-0.15, -0.1) is 0 Å². The molecule has 72 valence electrons. The predicted molar refractivity (Wildman–Crippen MR) is 60.2 cm³/mol. The van der Waals surface area contributed by atoms with Crippen molar-refractivity contribution in [2.45, 2.75) is 0 Å². The van der Waals surface area contributed by atoms with E-state index in [1.165, 1.54) is 16.6 Å². The van der Waals surface area contributed by atoms with E-state index in [1.54, 1.807) is 0 Å². The Labute approximate surface area is 85.5 Å². The van der Waals surface area contributed by atoms with Crippen LogP contribution < -0.4 is 0 Å². The van der Waals surface area contributed by atoms with Gasteiger partial charge in [-0.05, 0) is 24.3 Å². The van der Waals surface area contributed by atoms with Crippen molar-refractivity contribution in [3.8, 4) is 0 Å². The predicted octanol–water partition coefficient (Wildman–Crippen LogP) is 2.67. The van der Waals surface area contributed by atoms with Gasteiger partial charge in [-0.25, -0.2) is 4.52 Å². The summed E-state index contributed by atoms with van der Waals surface area (Å²) in [6.45, 7) is 0. The smallest absolute Gasteiger partial charge is 0.107 e. The Bertz CT molecular complexity index is 764. The maximum absolute atomic E-state index is 3.35. The normalized spacial score (nSPS) is 12.0. The highest BCUT2D eigenvalue weighted by atomic mass is 15.5. The van der Waals surface area contributed by atoms with E-state index in [0.29, 0.717) is 0 Å². The average Bonchev–Trinajstić information content (AvgIpc) is 2.60. The first-order chi connectivity index (χ1) is 7.45. The quantitative estimate of drug-likeness (QED) is 0.446. The van der Waals surface area contributed by atoms with E-state index in [9.17, 15) is 0 Å². The lowest BCUT2D eigenvalue weighted by molar-refractivity contribution is 0.757. The second kappa shape index (κ2) is 2.25. The molecule has 0 saturated carbocycles. The van der Waals surface area contributed by atoms with E-state index in [2.05, 4.69) is 56.7 Å². The van der Waals surface area contributed by atoms with Gasteiger partial charge in [-0.1, -0.05) is 24.3 Å². The fourth-order valence-electron chi connectivity index (χ4n) is 2.21. The summed E-state index contributed by atoms with van der Waals surface area (Å²) in [7, 11) is 0. The van der Waals surface area contributed by atoms with Crippen LogP contribution in [0.25, 0.3) is 22.1 Å². The summed E-state index contributed by atoms with van der Waals surface area (Å²) in [4.78, 5) is 0. The van der Waals surface area contributed by atoms with Crippen LogP contribution in [0.15, 0.2) is 48.5 Å². The van der Waals surface area contributed by atoms with Crippen molar-refractivity contribution in [2.75, 3.05) is 0 Å². The number of hydrogen-bond donors (Lipinski definition) is 1. The summed E-state index contributed by atoms with van der Waals surface area (Å²) in [5.41, 5.74) is 4.87. The highest BCUT2D eigenvalue weighted by Gasteiger charge is 2.10. The molecule has 0 aliphatic rings. The lowest BCUT2D eigenvalue weighted by atomic mass is 10.3. The molecule has 1 N–H and O–H groups in total. The molecule has 0 aliphatic carbocycles. The van der Waals surface area contributed by atoms with Gasteiger partial charge >= 0.3 is 0 Å². The summed E-state index contributed by atoms with van der Waals surface area (Å²) >= 11 is 0. The van der Waals surface area contributed by atoms with Gasteiger partial charge in [0, 0.05) is 0 Å². The van der Waals surface area contributed by atoms with E-state index in [4.69, 9.17) is 0 Å². The van der Waals surface area contributed by atoms with E-state index in [-0.39, 0.29) is 0 Å². The van der Waals surface area contributed by atoms with Gasteiger partial charge in [0.1, 0.15) is 5.52 Å². The summed E-state index contributed by atoms with van der Waals surface area (Å²) in [6.07, 6.45) is 0. The van der Waals surface area contributed by atoms with Gasteiger partial charge < -0.3 is 0 Å². The topological polar surface area (TPSA) is 24.6 Å². The maximum atomic E-state index is 3.35. The van der Waals surface area contributed by atoms with Crippen LogP contribution in [0.2, 0.25) is 0 Å². The van der Waals surface area contributed by atoms with E-state index >= 15 is 0 Å². The molecule has 2 aromatic heterocycles. The highest BCUT2D eigenvalue weighted by Crippen LogP contribution is 2.22. The number of H-pyrrole nitrogens is 1. The van der Waals surface area contributed by atoms with Gasteiger partial charge in [-0.2, -0.15) is 4.63 Å². The molecule has 2 aromatic carbocycles. The molecule has 15 heavy (non-hydrogen) atoms. The van der Waals surface area contributed by atoms with Crippen LogP contribution in [0.1, 0.15) is 0 Å². The third-order valence-electron chi connectivity index (χ3n) is 2.90. The van der Waals surface area contributed by atoms with Crippen LogP contribution in [0.4, 0.5) is 0 Å². The molecule has 0 atom stereocenters. The Balaban J connectivity index is 2.36. The summed E-state index contributed by atoms with van der Waals surface area (Å²) in [5.74, 6) is 0. The molecule has 2 heterocycles. The molecule has 0 saturated heterocycles. The molecule has 4 rings (SSSR count). The number of para-hydroxylation sites is 4. The number of rotatable bonds is 0. The van der Waals surface area contributed by atoms with Crippen molar-refractivity contribution >= 4 is 22.1 Å². The van der Waals surface area contributed by atoms with Crippen LogP contribution in [0.3, 0.4) is 0 Å².